The zero-order chi connectivity index (χ0) is 24.0. The number of aliphatic hydroxyl groups is 1. The number of benzene rings is 2. The number of carbonyl (C=O) groups excluding carboxylic acids is 2. The predicted molar refractivity (Wildman–Crippen MR) is 130 cm³/mol. The molecule has 1 N–H and O–H groups in total. The molecule has 1 unspecified atom stereocenters. The number of Topliss-reactive ketones (excluding diaryl/α,β-unsaturated/α-hetero) is 1. The number of ketones is 1. The van der Waals surface area contributed by atoms with Crippen LogP contribution in [0.25, 0.3) is 5.76 Å². The van der Waals surface area contributed by atoms with Crippen molar-refractivity contribution in [3.8, 4) is 5.75 Å². The molecule has 2 aromatic rings. The molecule has 0 radical (unpaired) electrons. The molecule has 1 saturated heterocycles. The van der Waals surface area contributed by atoms with Crippen LogP contribution in [0.3, 0.4) is 0 Å². The molecule has 2 aromatic carbocycles. The fraction of sp³-hybridized carbons (Fsp3) is 0.407. The summed E-state index contributed by atoms with van der Waals surface area (Å²) in [6.45, 7) is 9.46. The van der Waals surface area contributed by atoms with Gasteiger partial charge in [0.25, 0.3) is 11.7 Å². The summed E-state index contributed by atoms with van der Waals surface area (Å²) in [4.78, 5) is 30.1. The fourth-order valence-electron chi connectivity index (χ4n) is 4.32. The third kappa shape index (κ3) is 5.28. The monoisotopic (exact) mass is 450 g/mol. The predicted octanol–water partition coefficient (Wildman–Crippen LogP) is 4.41. The summed E-state index contributed by atoms with van der Waals surface area (Å²) in [6.07, 6.45) is 1.64. The van der Waals surface area contributed by atoms with Crippen molar-refractivity contribution in [3.05, 3.63) is 70.8 Å². The summed E-state index contributed by atoms with van der Waals surface area (Å²) in [7, 11) is 1.54. The highest BCUT2D eigenvalue weighted by molar-refractivity contribution is 6.46. The Morgan fingerprint density at radius 1 is 1.06 bits per heavy atom. The van der Waals surface area contributed by atoms with Gasteiger partial charge in [-0.05, 0) is 55.7 Å². The first kappa shape index (κ1) is 24.5. The van der Waals surface area contributed by atoms with Gasteiger partial charge in [0.1, 0.15) is 11.5 Å². The Morgan fingerprint density at radius 2 is 1.76 bits per heavy atom. The SMILES string of the molecule is CCc1ccc(C2C(=C(O)c3cccc(OC)c3)C(=O)C(=O)N2CCCN(CC)CC)cc1. The van der Waals surface area contributed by atoms with Gasteiger partial charge in [-0.1, -0.05) is 57.2 Å². The lowest BCUT2D eigenvalue weighted by molar-refractivity contribution is -0.140. The molecule has 6 nitrogen and oxygen atoms in total. The van der Waals surface area contributed by atoms with Gasteiger partial charge in [-0.15, -0.1) is 0 Å². The first-order valence-corrected chi connectivity index (χ1v) is 11.7. The molecule has 0 aromatic heterocycles. The smallest absolute Gasteiger partial charge is 0.295 e. The molecule has 176 valence electrons. The van der Waals surface area contributed by atoms with Crippen LogP contribution in [0.1, 0.15) is 49.9 Å². The van der Waals surface area contributed by atoms with Crippen LogP contribution in [0.15, 0.2) is 54.1 Å². The molecule has 1 aliphatic heterocycles. The summed E-state index contributed by atoms with van der Waals surface area (Å²) in [5.41, 5.74) is 2.56. The Labute approximate surface area is 196 Å². The second-order valence-electron chi connectivity index (χ2n) is 8.20. The van der Waals surface area contributed by atoms with Crippen LogP contribution >= 0.6 is 0 Å². The number of amides is 1. The van der Waals surface area contributed by atoms with Gasteiger partial charge in [-0.3, -0.25) is 9.59 Å². The minimum Gasteiger partial charge on any atom is -0.507 e. The number of likely N-dealkylation sites (tertiary alicyclic amines) is 1. The number of nitrogens with zero attached hydrogens (tertiary/aromatic N) is 2. The van der Waals surface area contributed by atoms with Gasteiger partial charge in [-0.2, -0.15) is 0 Å². The van der Waals surface area contributed by atoms with Crippen molar-refractivity contribution in [2.75, 3.05) is 33.3 Å². The van der Waals surface area contributed by atoms with Crippen molar-refractivity contribution < 1.29 is 19.4 Å². The standard InChI is InChI=1S/C27H34N2O4/c1-5-19-12-14-20(15-13-19)24-23(25(30)21-10-8-11-22(18-21)33-4)26(31)27(32)29(24)17-9-16-28(6-2)7-3/h8,10-15,18,24,30H,5-7,9,16-17H2,1-4H3. The molecule has 1 heterocycles. The van der Waals surface area contributed by atoms with Crippen LogP contribution < -0.4 is 4.74 Å². The molecule has 0 saturated carbocycles. The van der Waals surface area contributed by atoms with Crippen molar-refractivity contribution in [1.29, 1.82) is 0 Å². The molecule has 1 atom stereocenters. The highest BCUT2D eigenvalue weighted by atomic mass is 16.5. The molecule has 0 aliphatic carbocycles. The van der Waals surface area contributed by atoms with Crippen molar-refractivity contribution in [2.24, 2.45) is 0 Å². The maximum atomic E-state index is 13.2. The van der Waals surface area contributed by atoms with Crippen LogP contribution in [-0.2, 0) is 16.0 Å². The number of aliphatic hydroxyl groups excluding tert-OH is 1. The van der Waals surface area contributed by atoms with Gasteiger partial charge in [0.15, 0.2) is 0 Å². The first-order valence-electron chi connectivity index (χ1n) is 11.7. The molecule has 1 amide bonds. The van der Waals surface area contributed by atoms with Crippen LogP contribution in [0.2, 0.25) is 0 Å². The van der Waals surface area contributed by atoms with E-state index in [2.05, 4.69) is 25.7 Å². The van der Waals surface area contributed by atoms with Crippen molar-refractivity contribution >= 4 is 17.4 Å². The zero-order valence-electron chi connectivity index (χ0n) is 20.0. The highest BCUT2D eigenvalue weighted by Crippen LogP contribution is 2.39. The second-order valence-corrected chi connectivity index (χ2v) is 8.20. The Bertz CT molecular complexity index is 1010. The van der Waals surface area contributed by atoms with Gasteiger partial charge in [0.05, 0.1) is 18.7 Å². The lowest BCUT2D eigenvalue weighted by atomic mass is 9.94. The van der Waals surface area contributed by atoms with Crippen LogP contribution in [0.5, 0.6) is 5.75 Å². The van der Waals surface area contributed by atoms with Crippen molar-refractivity contribution in [2.45, 2.75) is 39.7 Å². The van der Waals surface area contributed by atoms with E-state index in [1.54, 1.807) is 36.3 Å². The number of hydrogen-bond donors (Lipinski definition) is 1. The average Bonchev–Trinajstić information content (AvgIpc) is 3.11. The Balaban J connectivity index is 2.04. The number of rotatable bonds is 10. The molecular weight excluding hydrogens is 416 g/mol. The van der Waals surface area contributed by atoms with Crippen LogP contribution in [0.4, 0.5) is 0 Å². The summed E-state index contributed by atoms with van der Waals surface area (Å²) >= 11 is 0. The quantitative estimate of drug-likeness (QED) is 0.330. The van der Waals surface area contributed by atoms with E-state index in [0.717, 1.165) is 38.0 Å². The normalized spacial score (nSPS) is 17.7. The van der Waals surface area contributed by atoms with E-state index in [9.17, 15) is 14.7 Å². The highest BCUT2D eigenvalue weighted by Gasteiger charge is 2.45. The fourth-order valence-corrected chi connectivity index (χ4v) is 4.32. The third-order valence-electron chi connectivity index (χ3n) is 6.35. The van der Waals surface area contributed by atoms with E-state index in [0.29, 0.717) is 17.9 Å². The Kier molecular flexibility index (Phi) is 8.28. The first-order chi connectivity index (χ1) is 15.9. The maximum Gasteiger partial charge on any atom is 0.295 e. The third-order valence-corrected chi connectivity index (χ3v) is 6.35. The number of aryl methyl sites for hydroxylation is 1. The van der Waals surface area contributed by atoms with E-state index in [1.807, 2.05) is 24.3 Å². The van der Waals surface area contributed by atoms with Gasteiger partial charge < -0.3 is 19.6 Å². The number of methoxy groups -OCH3 is 1. The minimum absolute atomic E-state index is 0.125. The van der Waals surface area contributed by atoms with Gasteiger partial charge in [0, 0.05) is 12.1 Å². The number of hydrogen-bond acceptors (Lipinski definition) is 5. The molecule has 6 heteroatoms. The van der Waals surface area contributed by atoms with Gasteiger partial charge >= 0.3 is 0 Å². The Morgan fingerprint density at radius 3 is 2.36 bits per heavy atom. The van der Waals surface area contributed by atoms with E-state index in [1.165, 1.54) is 5.56 Å². The Hall–Kier alpha value is -3.12. The molecule has 0 bridgehead atoms. The lowest BCUT2D eigenvalue weighted by Crippen LogP contribution is -2.33. The molecule has 33 heavy (non-hydrogen) atoms. The molecular formula is C27H34N2O4. The number of carbonyl (C=O) groups is 2. The van der Waals surface area contributed by atoms with Crippen molar-refractivity contribution in [3.63, 3.8) is 0 Å². The minimum atomic E-state index is -0.650. The largest absolute Gasteiger partial charge is 0.507 e. The lowest BCUT2D eigenvalue weighted by Gasteiger charge is -2.27. The van der Waals surface area contributed by atoms with E-state index >= 15 is 0 Å². The average molecular weight is 451 g/mol. The topological polar surface area (TPSA) is 70.1 Å². The molecule has 3 rings (SSSR count). The molecule has 1 aliphatic rings. The number of ether oxygens (including phenoxy) is 1. The summed E-state index contributed by atoms with van der Waals surface area (Å²) in [5, 5.41) is 11.2. The molecule has 0 spiro atoms. The van der Waals surface area contributed by atoms with Crippen LogP contribution in [0, 0.1) is 0 Å². The van der Waals surface area contributed by atoms with E-state index < -0.39 is 17.7 Å². The summed E-state index contributed by atoms with van der Waals surface area (Å²) in [5.74, 6) is -0.828. The summed E-state index contributed by atoms with van der Waals surface area (Å²) < 4.78 is 5.27. The zero-order valence-corrected chi connectivity index (χ0v) is 20.0. The second kappa shape index (κ2) is 11.1. The maximum absolute atomic E-state index is 13.2. The van der Waals surface area contributed by atoms with E-state index in [4.69, 9.17) is 4.74 Å². The van der Waals surface area contributed by atoms with Gasteiger partial charge in [-0.25, -0.2) is 0 Å². The summed E-state index contributed by atoms with van der Waals surface area (Å²) in [6, 6.07) is 14.2. The van der Waals surface area contributed by atoms with E-state index in [-0.39, 0.29) is 11.3 Å². The van der Waals surface area contributed by atoms with Crippen LogP contribution in [-0.4, -0.2) is 59.9 Å². The molecule has 1 fully saturated rings. The van der Waals surface area contributed by atoms with Crippen molar-refractivity contribution in [1.82, 2.24) is 9.80 Å². The van der Waals surface area contributed by atoms with Gasteiger partial charge in [0.2, 0.25) is 0 Å².